The van der Waals surface area contributed by atoms with Crippen molar-refractivity contribution in [3.8, 4) is 0 Å². The molecule has 108 valence electrons. The molecule has 0 fully saturated rings. The highest BCUT2D eigenvalue weighted by atomic mass is 16.2. The van der Waals surface area contributed by atoms with Crippen LogP contribution in [0.5, 0.6) is 0 Å². The summed E-state index contributed by atoms with van der Waals surface area (Å²) in [6.07, 6.45) is 7.75. The zero-order valence-electron chi connectivity index (χ0n) is 11.7. The summed E-state index contributed by atoms with van der Waals surface area (Å²) in [6, 6.07) is -0.0977. The fourth-order valence-corrected chi connectivity index (χ4v) is 2.35. The molecule has 1 aliphatic rings. The molecule has 20 heavy (non-hydrogen) atoms. The van der Waals surface area contributed by atoms with Crippen molar-refractivity contribution in [3.63, 3.8) is 0 Å². The van der Waals surface area contributed by atoms with Crippen LogP contribution in [-0.4, -0.2) is 21.5 Å². The van der Waals surface area contributed by atoms with Gasteiger partial charge in [-0.1, -0.05) is 11.6 Å². The van der Waals surface area contributed by atoms with E-state index in [-0.39, 0.29) is 11.6 Å². The first kappa shape index (κ1) is 14.3. The standard InChI is InChI=1S/C14H19N3O3/c1-9(10-6-4-3-5-7-10)15-12(18)11-8-17(2)14(20)16-13(11)19/h6,8-9H,3-5,7H2,1-2H3,(H,15,18)(H,16,19,20). The zero-order chi connectivity index (χ0) is 14.7. The summed E-state index contributed by atoms with van der Waals surface area (Å²) < 4.78 is 1.18. The molecule has 1 atom stereocenters. The molecule has 1 amide bonds. The van der Waals surface area contributed by atoms with Crippen molar-refractivity contribution in [2.45, 2.75) is 38.6 Å². The molecule has 2 N–H and O–H groups in total. The summed E-state index contributed by atoms with van der Waals surface area (Å²) in [5, 5.41) is 2.81. The maximum Gasteiger partial charge on any atom is 0.328 e. The lowest BCUT2D eigenvalue weighted by Gasteiger charge is -2.20. The molecule has 6 heteroatoms. The van der Waals surface area contributed by atoms with Gasteiger partial charge in [0.1, 0.15) is 5.56 Å². The van der Waals surface area contributed by atoms with Crippen LogP contribution in [-0.2, 0) is 7.05 Å². The van der Waals surface area contributed by atoms with Gasteiger partial charge in [-0.15, -0.1) is 0 Å². The van der Waals surface area contributed by atoms with E-state index in [0.29, 0.717) is 0 Å². The molecule has 1 unspecified atom stereocenters. The van der Waals surface area contributed by atoms with E-state index in [1.807, 2.05) is 6.92 Å². The molecule has 0 aliphatic heterocycles. The second kappa shape index (κ2) is 5.90. The van der Waals surface area contributed by atoms with Crippen LogP contribution in [0.15, 0.2) is 27.4 Å². The molecule has 1 aliphatic carbocycles. The Hall–Kier alpha value is -2.11. The molecule has 1 heterocycles. The zero-order valence-corrected chi connectivity index (χ0v) is 11.7. The Bertz CT molecular complexity index is 654. The molecule has 0 spiro atoms. The van der Waals surface area contributed by atoms with Gasteiger partial charge in [0.15, 0.2) is 0 Å². The number of allylic oxidation sites excluding steroid dienone is 1. The Morgan fingerprint density at radius 2 is 2.15 bits per heavy atom. The number of hydrogen-bond donors (Lipinski definition) is 2. The third-order valence-corrected chi connectivity index (χ3v) is 3.58. The number of nitrogens with one attached hydrogen (secondary N) is 2. The molecular weight excluding hydrogens is 258 g/mol. The average Bonchev–Trinajstić information content (AvgIpc) is 2.43. The van der Waals surface area contributed by atoms with E-state index in [1.165, 1.54) is 29.8 Å². The van der Waals surface area contributed by atoms with Gasteiger partial charge in [0.25, 0.3) is 11.5 Å². The summed E-state index contributed by atoms with van der Waals surface area (Å²) in [4.78, 5) is 37.1. The van der Waals surface area contributed by atoms with Crippen LogP contribution < -0.4 is 16.6 Å². The quantitative estimate of drug-likeness (QED) is 0.797. The molecule has 0 aromatic carbocycles. The highest BCUT2D eigenvalue weighted by Crippen LogP contribution is 2.20. The van der Waals surface area contributed by atoms with Gasteiger partial charge < -0.3 is 9.88 Å². The molecule has 2 rings (SSSR count). The third-order valence-electron chi connectivity index (χ3n) is 3.58. The van der Waals surface area contributed by atoms with E-state index in [1.54, 1.807) is 0 Å². The SMILES string of the molecule is CC(NC(=O)c1cn(C)c(=O)[nH]c1=O)C1=CCCCC1. The minimum absolute atomic E-state index is 0.0460. The van der Waals surface area contributed by atoms with Crippen LogP contribution >= 0.6 is 0 Å². The van der Waals surface area contributed by atoms with Crippen LogP contribution in [0.2, 0.25) is 0 Å². The van der Waals surface area contributed by atoms with Crippen LogP contribution in [0.25, 0.3) is 0 Å². The Kier molecular flexibility index (Phi) is 4.22. The highest BCUT2D eigenvalue weighted by Gasteiger charge is 2.17. The van der Waals surface area contributed by atoms with E-state index < -0.39 is 17.2 Å². The number of hydrogen-bond acceptors (Lipinski definition) is 3. The average molecular weight is 277 g/mol. The van der Waals surface area contributed by atoms with Crippen molar-refractivity contribution in [1.29, 1.82) is 0 Å². The van der Waals surface area contributed by atoms with E-state index >= 15 is 0 Å². The van der Waals surface area contributed by atoms with Crippen molar-refractivity contribution in [2.24, 2.45) is 7.05 Å². The van der Waals surface area contributed by atoms with Gasteiger partial charge >= 0.3 is 5.69 Å². The van der Waals surface area contributed by atoms with E-state index in [9.17, 15) is 14.4 Å². The summed E-state index contributed by atoms with van der Waals surface area (Å²) in [5.41, 5.74) is -0.0359. The number of aromatic amines is 1. The maximum atomic E-state index is 12.1. The molecule has 1 aromatic rings. The fourth-order valence-electron chi connectivity index (χ4n) is 2.35. The smallest absolute Gasteiger partial charge is 0.328 e. The van der Waals surface area contributed by atoms with Crippen LogP contribution in [0.4, 0.5) is 0 Å². The predicted octanol–water partition coefficient (Wildman–Crippen LogP) is 0.692. The van der Waals surface area contributed by atoms with Crippen LogP contribution in [0.3, 0.4) is 0 Å². The monoisotopic (exact) mass is 277 g/mol. The Morgan fingerprint density at radius 1 is 1.40 bits per heavy atom. The van der Waals surface area contributed by atoms with Crippen molar-refractivity contribution in [1.82, 2.24) is 14.9 Å². The minimum Gasteiger partial charge on any atom is -0.346 e. The number of aryl methyl sites for hydroxylation is 1. The van der Waals surface area contributed by atoms with Crippen molar-refractivity contribution >= 4 is 5.91 Å². The second-order valence-corrected chi connectivity index (χ2v) is 5.13. The molecule has 6 nitrogen and oxygen atoms in total. The Balaban J connectivity index is 2.16. The number of nitrogens with zero attached hydrogens (tertiary/aromatic N) is 1. The van der Waals surface area contributed by atoms with Gasteiger partial charge in [0.05, 0.1) is 0 Å². The third kappa shape index (κ3) is 3.07. The van der Waals surface area contributed by atoms with Crippen LogP contribution in [0, 0.1) is 0 Å². The van der Waals surface area contributed by atoms with Crippen molar-refractivity contribution in [2.75, 3.05) is 0 Å². The van der Waals surface area contributed by atoms with Crippen molar-refractivity contribution < 1.29 is 4.79 Å². The predicted molar refractivity (Wildman–Crippen MR) is 75.8 cm³/mol. The van der Waals surface area contributed by atoms with E-state index in [4.69, 9.17) is 0 Å². The maximum absolute atomic E-state index is 12.1. The summed E-state index contributed by atoms with van der Waals surface area (Å²) in [5.74, 6) is -0.458. The molecule has 0 bridgehead atoms. The Morgan fingerprint density at radius 3 is 2.80 bits per heavy atom. The van der Waals surface area contributed by atoms with Gasteiger partial charge in [-0.2, -0.15) is 0 Å². The lowest BCUT2D eigenvalue weighted by Crippen LogP contribution is -2.40. The summed E-state index contributed by atoms with van der Waals surface area (Å²) in [6.45, 7) is 1.91. The fraction of sp³-hybridized carbons (Fsp3) is 0.500. The molecule has 0 radical (unpaired) electrons. The van der Waals surface area contributed by atoms with Gasteiger partial charge in [-0.3, -0.25) is 14.6 Å². The van der Waals surface area contributed by atoms with Crippen LogP contribution in [0.1, 0.15) is 43.0 Å². The molecule has 0 saturated heterocycles. The van der Waals surface area contributed by atoms with Gasteiger partial charge in [0, 0.05) is 19.3 Å². The first-order valence-corrected chi connectivity index (χ1v) is 6.79. The number of amides is 1. The first-order valence-electron chi connectivity index (χ1n) is 6.79. The number of aromatic nitrogens is 2. The minimum atomic E-state index is -0.657. The second-order valence-electron chi connectivity index (χ2n) is 5.13. The summed E-state index contributed by atoms with van der Waals surface area (Å²) in [7, 11) is 1.49. The number of carbonyl (C=O) groups is 1. The van der Waals surface area contributed by atoms with E-state index in [0.717, 1.165) is 19.3 Å². The van der Waals surface area contributed by atoms with Gasteiger partial charge in [0.2, 0.25) is 0 Å². The molecule has 1 aromatic heterocycles. The molecular formula is C14H19N3O3. The number of carbonyl (C=O) groups excluding carboxylic acids is 1. The first-order chi connectivity index (χ1) is 9.49. The number of H-pyrrole nitrogens is 1. The number of rotatable bonds is 3. The topological polar surface area (TPSA) is 84.0 Å². The lowest BCUT2D eigenvalue weighted by atomic mass is 9.94. The normalized spacial score (nSPS) is 16.4. The Labute approximate surface area is 116 Å². The lowest BCUT2D eigenvalue weighted by molar-refractivity contribution is 0.0942. The highest BCUT2D eigenvalue weighted by molar-refractivity contribution is 5.93. The summed E-state index contributed by atoms with van der Waals surface area (Å²) >= 11 is 0. The largest absolute Gasteiger partial charge is 0.346 e. The van der Waals surface area contributed by atoms with E-state index in [2.05, 4.69) is 16.4 Å². The van der Waals surface area contributed by atoms with Gasteiger partial charge in [-0.05, 0) is 32.6 Å². The molecule has 0 saturated carbocycles. The van der Waals surface area contributed by atoms with Gasteiger partial charge in [-0.25, -0.2) is 4.79 Å². The van der Waals surface area contributed by atoms with Crippen molar-refractivity contribution in [3.05, 3.63) is 44.2 Å².